The van der Waals surface area contributed by atoms with Crippen LogP contribution in [0.25, 0.3) is 76.9 Å². The summed E-state index contributed by atoms with van der Waals surface area (Å²) in [6.45, 7) is 0. The van der Waals surface area contributed by atoms with Gasteiger partial charge in [-0.3, -0.25) is 4.98 Å². The molecule has 10 aromatic rings. The van der Waals surface area contributed by atoms with Crippen LogP contribution in [0.2, 0.25) is 0 Å². The van der Waals surface area contributed by atoms with Crippen molar-refractivity contribution in [1.82, 2.24) is 20.0 Å². The van der Waals surface area contributed by atoms with E-state index in [-0.39, 0.29) is 5.92 Å². The Morgan fingerprint density at radius 2 is 1.25 bits per heavy atom. The number of pyridine rings is 1. The Morgan fingerprint density at radius 1 is 0.525 bits per heavy atom. The predicted molar refractivity (Wildman–Crippen MR) is 243 cm³/mol. The van der Waals surface area contributed by atoms with E-state index in [1.54, 1.807) is 11.0 Å². The second-order valence-electron chi connectivity index (χ2n) is 15.6. The second-order valence-corrected chi connectivity index (χ2v) is 15.6. The number of hydrogen-bond donors (Lipinski definition) is 0. The number of fused-ring (bicyclic) bond motifs is 7. The Hall–Kier alpha value is -7.69. The summed E-state index contributed by atoms with van der Waals surface area (Å²) in [7, 11) is 0. The molecule has 1 unspecified atom stereocenters. The van der Waals surface area contributed by atoms with E-state index in [1.165, 1.54) is 60.5 Å². The summed E-state index contributed by atoms with van der Waals surface area (Å²) in [5, 5.41) is 17.4. The summed E-state index contributed by atoms with van der Waals surface area (Å²) < 4.78 is 0. The minimum atomic E-state index is 0.0595. The fraction of sp³-hybridized carbons (Fsp3) is 0.0364. The van der Waals surface area contributed by atoms with Crippen molar-refractivity contribution in [1.29, 1.82) is 0 Å². The lowest BCUT2D eigenvalue weighted by Gasteiger charge is -2.35. The van der Waals surface area contributed by atoms with Crippen molar-refractivity contribution < 1.29 is 0 Å². The summed E-state index contributed by atoms with van der Waals surface area (Å²) in [6, 6.07) is 61.7. The number of nitrogens with zero attached hydrogens (tertiary/aromatic N) is 4. The van der Waals surface area contributed by atoms with Crippen molar-refractivity contribution in [2.45, 2.75) is 12.3 Å². The van der Waals surface area contributed by atoms with Gasteiger partial charge in [-0.1, -0.05) is 152 Å². The highest BCUT2D eigenvalue weighted by Crippen LogP contribution is 2.52. The van der Waals surface area contributed by atoms with Crippen molar-refractivity contribution in [3.63, 3.8) is 0 Å². The van der Waals surface area contributed by atoms with E-state index < -0.39 is 0 Å². The van der Waals surface area contributed by atoms with Gasteiger partial charge in [0.1, 0.15) is 11.0 Å². The van der Waals surface area contributed by atoms with Gasteiger partial charge in [0.15, 0.2) is 0 Å². The molecule has 1 atom stereocenters. The molecule has 0 aliphatic heterocycles. The van der Waals surface area contributed by atoms with Gasteiger partial charge in [0.05, 0.1) is 5.69 Å². The van der Waals surface area contributed by atoms with Crippen LogP contribution in [0.4, 0.5) is 0 Å². The van der Waals surface area contributed by atoms with Crippen LogP contribution < -0.4 is 0 Å². The van der Waals surface area contributed by atoms with Gasteiger partial charge < -0.3 is 0 Å². The Morgan fingerprint density at radius 3 is 2.07 bits per heavy atom. The molecule has 4 heteroatoms. The van der Waals surface area contributed by atoms with Crippen LogP contribution in [0.3, 0.4) is 0 Å². The molecule has 0 saturated heterocycles. The third-order valence-electron chi connectivity index (χ3n) is 12.3. The van der Waals surface area contributed by atoms with Crippen LogP contribution in [0.5, 0.6) is 0 Å². The number of hydrogen-bond acceptors (Lipinski definition) is 3. The standard InChI is InChI=1S/C55H36N4/c1-3-12-38-30-41(21-19-35(38)10-1)53-46-16-6-7-17-47(46)54(42-22-20-36-11-2-4-13-39(36)31-42)51-32-40(25-28-48(51)53)50-33-52-55(49-18-8-5-15-45(49)50)58-59(57-52)44-26-23-37(24-27-44)43-14-9-29-56-34-43/h1-15,17-34,54H,16H2. The fourth-order valence-electron chi connectivity index (χ4n) is 9.46. The molecular weight excluding hydrogens is 717 g/mol. The normalized spacial score (nSPS) is 14.8. The maximum absolute atomic E-state index is 5.10. The molecule has 8 aromatic carbocycles. The van der Waals surface area contributed by atoms with E-state index in [2.05, 4.69) is 187 Å². The zero-order chi connectivity index (χ0) is 38.9. The molecule has 0 bridgehead atoms. The van der Waals surface area contributed by atoms with Crippen molar-refractivity contribution in [2.24, 2.45) is 0 Å². The van der Waals surface area contributed by atoms with Gasteiger partial charge in [-0.2, -0.15) is 4.80 Å². The quantitative estimate of drug-likeness (QED) is 0.176. The number of aromatic nitrogens is 4. The zero-order valence-corrected chi connectivity index (χ0v) is 32.1. The molecule has 12 rings (SSSR count). The number of allylic oxidation sites excluding steroid dienone is 5. The third-order valence-corrected chi connectivity index (χ3v) is 12.3. The summed E-state index contributed by atoms with van der Waals surface area (Å²) in [6.07, 6.45) is 11.5. The number of benzene rings is 8. The Kier molecular flexibility index (Phi) is 7.63. The molecule has 0 spiro atoms. The zero-order valence-electron chi connectivity index (χ0n) is 32.1. The summed E-state index contributed by atoms with van der Waals surface area (Å²) in [4.78, 5) is 6.06. The van der Waals surface area contributed by atoms with E-state index in [0.29, 0.717) is 0 Å². The van der Waals surface area contributed by atoms with Gasteiger partial charge in [-0.05, 0) is 131 Å². The average Bonchev–Trinajstić information content (AvgIpc) is 3.75. The minimum Gasteiger partial charge on any atom is -0.264 e. The molecule has 2 heterocycles. The number of rotatable bonds is 5. The highest BCUT2D eigenvalue weighted by Gasteiger charge is 2.33. The SMILES string of the molecule is C1=CCC2=C(c3ccc4ccccc4c3)c3ccc(-c4cc5nn(-c6ccc(-c7cccnc7)cc6)nc5c5ccccc45)cc3C(c3ccc4ccccc4c3)C2=C1. The molecule has 4 nitrogen and oxygen atoms in total. The van der Waals surface area contributed by atoms with Gasteiger partial charge in [-0.15, -0.1) is 10.2 Å². The molecular formula is C55H36N4. The Balaban J connectivity index is 1.05. The molecule has 59 heavy (non-hydrogen) atoms. The predicted octanol–water partition coefficient (Wildman–Crippen LogP) is 13.4. The Labute approximate surface area is 341 Å². The molecule has 0 amide bonds. The van der Waals surface area contributed by atoms with Crippen LogP contribution in [0, 0.1) is 0 Å². The lowest BCUT2D eigenvalue weighted by atomic mass is 9.68. The molecule has 0 N–H and O–H groups in total. The smallest absolute Gasteiger partial charge is 0.121 e. The maximum Gasteiger partial charge on any atom is 0.121 e. The first-order valence-electron chi connectivity index (χ1n) is 20.3. The van der Waals surface area contributed by atoms with Gasteiger partial charge >= 0.3 is 0 Å². The summed E-state index contributed by atoms with van der Waals surface area (Å²) >= 11 is 0. The molecule has 0 fully saturated rings. The molecule has 0 radical (unpaired) electrons. The van der Waals surface area contributed by atoms with Crippen LogP contribution in [-0.4, -0.2) is 20.0 Å². The van der Waals surface area contributed by atoms with Crippen LogP contribution in [0.15, 0.2) is 212 Å². The molecule has 2 aliphatic rings. The van der Waals surface area contributed by atoms with Gasteiger partial charge in [0.2, 0.25) is 0 Å². The van der Waals surface area contributed by atoms with E-state index in [1.807, 2.05) is 12.3 Å². The highest BCUT2D eigenvalue weighted by atomic mass is 15.5. The Bertz CT molecular complexity index is 3400. The highest BCUT2D eigenvalue weighted by molar-refractivity contribution is 6.11. The van der Waals surface area contributed by atoms with E-state index in [0.717, 1.165) is 56.2 Å². The van der Waals surface area contributed by atoms with Crippen molar-refractivity contribution >= 4 is 48.9 Å². The molecule has 276 valence electrons. The average molecular weight is 753 g/mol. The third kappa shape index (κ3) is 5.56. The van der Waals surface area contributed by atoms with Crippen LogP contribution in [-0.2, 0) is 0 Å². The monoisotopic (exact) mass is 752 g/mol. The van der Waals surface area contributed by atoms with Crippen molar-refractivity contribution in [3.05, 3.63) is 234 Å². The lowest BCUT2D eigenvalue weighted by molar-refractivity contribution is 0.766. The topological polar surface area (TPSA) is 43.6 Å². The molecule has 2 aromatic heterocycles. The van der Waals surface area contributed by atoms with Crippen molar-refractivity contribution in [3.8, 4) is 27.9 Å². The van der Waals surface area contributed by atoms with E-state index in [9.17, 15) is 0 Å². The molecule has 2 aliphatic carbocycles. The summed E-state index contributed by atoms with van der Waals surface area (Å²) in [5.74, 6) is 0.0595. The van der Waals surface area contributed by atoms with Crippen LogP contribution in [0.1, 0.15) is 34.6 Å². The van der Waals surface area contributed by atoms with Crippen molar-refractivity contribution in [2.75, 3.05) is 0 Å². The second kappa shape index (κ2) is 13.5. The van der Waals surface area contributed by atoms with Gasteiger partial charge in [-0.25, -0.2) is 0 Å². The van der Waals surface area contributed by atoms with E-state index in [4.69, 9.17) is 10.2 Å². The first kappa shape index (κ1) is 33.4. The maximum atomic E-state index is 5.10. The van der Waals surface area contributed by atoms with E-state index >= 15 is 0 Å². The molecule has 0 saturated carbocycles. The first-order valence-corrected chi connectivity index (χ1v) is 20.3. The van der Waals surface area contributed by atoms with Crippen LogP contribution >= 0.6 is 0 Å². The first-order chi connectivity index (χ1) is 29.2. The van der Waals surface area contributed by atoms with Gasteiger partial charge in [0.25, 0.3) is 0 Å². The fourth-order valence-corrected chi connectivity index (χ4v) is 9.46. The summed E-state index contributed by atoms with van der Waals surface area (Å²) in [5.41, 5.74) is 16.4. The minimum absolute atomic E-state index is 0.0595. The largest absolute Gasteiger partial charge is 0.264 e. The lowest BCUT2D eigenvalue weighted by Crippen LogP contribution is -2.17. The van der Waals surface area contributed by atoms with Gasteiger partial charge in [0, 0.05) is 23.7 Å².